The van der Waals surface area contributed by atoms with Crippen molar-refractivity contribution in [3.8, 4) is 0 Å². The molecule has 0 saturated carbocycles. The Morgan fingerprint density at radius 3 is 2.32 bits per heavy atom. The van der Waals surface area contributed by atoms with Crippen LogP contribution in [0.15, 0.2) is 59.5 Å². The number of benzene rings is 2. The van der Waals surface area contributed by atoms with E-state index in [1.165, 1.54) is 4.31 Å². The van der Waals surface area contributed by atoms with Crippen LogP contribution in [-0.4, -0.2) is 63.4 Å². The molecular formula is C25H30N2O6S. The van der Waals surface area contributed by atoms with Gasteiger partial charge in [0.25, 0.3) is 0 Å². The van der Waals surface area contributed by atoms with Crippen molar-refractivity contribution in [1.82, 2.24) is 4.31 Å². The lowest BCUT2D eigenvalue weighted by Gasteiger charge is -2.38. The van der Waals surface area contributed by atoms with E-state index in [4.69, 9.17) is 14.2 Å². The lowest BCUT2D eigenvalue weighted by Crippen LogP contribution is -2.45. The molecule has 3 saturated heterocycles. The Morgan fingerprint density at radius 1 is 0.971 bits per heavy atom. The van der Waals surface area contributed by atoms with Crippen molar-refractivity contribution in [1.29, 1.82) is 0 Å². The van der Waals surface area contributed by atoms with Gasteiger partial charge in [-0.1, -0.05) is 30.3 Å². The molecule has 182 valence electrons. The summed E-state index contributed by atoms with van der Waals surface area (Å²) >= 11 is 0. The fraction of sp³-hybridized carbons (Fsp3) is 0.480. The first-order chi connectivity index (χ1) is 16.5. The SMILES string of the molecule is O=C(OCc1ccccc1)[C@H]1CCCN1S(=O)(=O)c1ccc(N2CCC3(CC2)OCCO3)cc1. The van der Waals surface area contributed by atoms with Gasteiger partial charge >= 0.3 is 5.97 Å². The number of piperidine rings is 1. The summed E-state index contributed by atoms with van der Waals surface area (Å²) in [6.45, 7) is 3.30. The fourth-order valence-corrected chi connectivity index (χ4v) is 6.59. The zero-order valence-electron chi connectivity index (χ0n) is 19.1. The molecule has 1 spiro atoms. The molecule has 0 bridgehead atoms. The molecule has 3 aliphatic rings. The van der Waals surface area contributed by atoms with E-state index in [0.29, 0.717) is 32.6 Å². The molecule has 0 aromatic heterocycles. The van der Waals surface area contributed by atoms with Crippen LogP contribution in [0, 0.1) is 0 Å². The molecule has 3 fully saturated rings. The van der Waals surface area contributed by atoms with E-state index in [1.54, 1.807) is 12.1 Å². The van der Waals surface area contributed by atoms with Gasteiger partial charge in [-0.05, 0) is 42.7 Å². The van der Waals surface area contributed by atoms with Gasteiger partial charge in [0.1, 0.15) is 12.6 Å². The third kappa shape index (κ3) is 4.70. The molecular weight excluding hydrogens is 456 g/mol. The molecule has 5 rings (SSSR count). The van der Waals surface area contributed by atoms with E-state index in [2.05, 4.69) is 4.90 Å². The Labute approximate surface area is 200 Å². The van der Waals surface area contributed by atoms with Crippen molar-refractivity contribution >= 4 is 21.7 Å². The average Bonchev–Trinajstić information content (AvgIpc) is 3.55. The highest BCUT2D eigenvalue weighted by Crippen LogP contribution is 2.34. The Hall–Kier alpha value is -2.46. The first kappa shape index (κ1) is 23.3. The number of hydrogen-bond acceptors (Lipinski definition) is 7. The Kier molecular flexibility index (Phi) is 6.61. The van der Waals surface area contributed by atoms with E-state index >= 15 is 0 Å². The zero-order chi connectivity index (χ0) is 23.6. The summed E-state index contributed by atoms with van der Waals surface area (Å²) in [5.74, 6) is -0.945. The predicted molar refractivity (Wildman–Crippen MR) is 126 cm³/mol. The maximum Gasteiger partial charge on any atom is 0.324 e. The number of carbonyl (C=O) groups excluding carboxylic acids is 1. The van der Waals surface area contributed by atoms with Gasteiger partial charge in [0, 0.05) is 38.2 Å². The standard InChI is InChI=1S/C25H30N2O6S/c28-24(31-19-20-5-2-1-3-6-20)23-7-4-14-27(23)34(29,30)22-10-8-21(9-11-22)26-15-12-25(13-16-26)32-17-18-33-25/h1-3,5-6,8-11,23H,4,7,12-19H2/t23-/m1/s1. The van der Waals surface area contributed by atoms with Crippen LogP contribution in [-0.2, 0) is 35.6 Å². The smallest absolute Gasteiger partial charge is 0.324 e. The summed E-state index contributed by atoms with van der Waals surface area (Å²) < 4.78 is 45.0. The van der Waals surface area contributed by atoms with Crippen LogP contribution in [0.4, 0.5) is 5.69 Å². The zero-order valence-corrected chi connectivity index (χ0v) is 19.9. The Balaban J connectivity index is 1.23. The summed E-state index contributed by atoms with van der Waals surface area (Å²) in [6, 6.07) is 15.5. The number of carbonyl (C=O) groups is 1. The van der Waals surface area contributed by atoms with Crippen molar-refractivity contribution in [2.24, 2.45) is 0 Å². The molecule has 9 heteroatoms. The molecule has 1 atom stereocenters. The Bertz CT molecular complexity index is 1090. The number of esters is 1. The molecule has 0 radical (unpaired) electrons. The van der Waals surface area contributed by atoms with Crippen molar-refractivity contribution < 1.29 is 27.4 Å². The molecule has 0 amide bonds. The fourth-order valence-electron chi connectivity index (χ4n) is 4.94. The first-order valence-electron chi connectivity index (χ1n) is 11.8. The number of sulfonamides is 1. The molecule has 2 aromatic rings. The summed E-state index contributed by atoms with van der Waals surface area (Å²) in [6.07, 6.45) is 2.66. The van der Waals surface area contributed by atoms with E-state index in [0.717, 1.165) is 37.2 Å². The van der Waals surface area contributed by atoms with Gasteiger partial charge in [0.2, 0.25) is 10.0 Å². The number of hydrogen-bond donors (Lipinski definition) is 0. The predicted octanol–water partition coefficient (Wildman–Crippen LogP) is 2.93. The molecule has 8 nitrogen and oxygen atoms in total. The molecule has 3 heterocycles. The van der Waals surface area contributed by atoms with Gasteiger partial charge in [-0.25, -0.2) is 8.42 Å². The second-order valence-electron chi connectivity index (χ2n) is 8.96. The maximum atomic E-state index is 13.4. The van der Waals surface area contributed by atoms with Crippen LogP contribution >= 0.6 is 0 Å². The largest absolute Gasteiger partial charge is 0.460 e. The molecule has 34 heavy (non-hydrogen) atoms. The van der Waals surface area contributed by atoms with Crippen LogP contribution in [0.3, 0.4) is 0 Å². The van der Waals surface area contributed by atoms with Crippen LogP contribution < -0.4 is 4.90 Å². The van der Waals surface area contributed by atoms with E-state index in [-0.39, 0.29) is 11.5 Å². The van der Waals surface area contributed by atoms with Gasteiger partial charge in [-0.3, -0.25) is 4.79 Å². The summed E-state index contributed by atoms with van der Waals surface area (Å²) in [7, 11) is -3.81. The molecule has 0 aliphatic carbocycles. The minimum absolute atomic E-state index is 0.131. The second kappa shape index (κ2) is 9.65. The van der Waals surface area contributed by atoms with Crippen molar-refractivity contribution in [3.05, 3.63) is 60.2 Å². The van der Waals surface area contributed by atoms with Gasteiger partial charge in [0.05, 0.1) is 18.1 Å². The van der Waals surface area contributed by atoms with Crippen molar-refractivity contribution in [2.45, 2.75) is 49.0 Å². The maximum absolute atomic E-state index is 13.4. The van der Waals surface area contributed by atoms with Crippen molar-refractivity contribution in [2.75, 3.05) is 37.7 Å². The van der Waals surface area contributed by atoms with Crippen LogP contribution in [0.1, 0.15) is 31.2 Å². The van der Waals surface area contributed by atoms with Crippen LogP contribution in [0.5, 0.6) is 0 Å². The number of anilines is 1. The quantitative estimate of drug-likeness (QED) is 0.581. The lowest BCUT2D eigenvalue weighted by molar-refractivity contribution is -0.169. The minimum Gasteiger partial charge on any atom is -0.460 e. The second-order valence-corrected chi connectivity index (χ2v) is 10.8. The average molecular weight is 487 g/mol. The van der Waals surface area contributed by atoms with E-state index in [9.17, 15) is 13.2 Å². The molecule has 3 aliphatic heterocycles. The van der Waals surface area contributed by atoms with Crippen LogP contribution in [0.2, 0.25) is 0 Å². The number of rotatable bonds is 6. The highest BCUT2D eigenvalue weighted by molar-refractivity contribution is 7.89. The van der Waals surface area contributed by atoms with Gasteiger partial charge < -0.3 is 19.1 Å². The summed E-state index contributed by atoms with van der Waals surface area (Å²) in [4.78, 5) is 15.1. The van der Waals surface area contributed by atoms with Gasteiger partial charge in [-0.15, -0.1) is 0 Å². The van der Waals surface area contributed by atoms with Gasteiger partial charge in [-0.2, -0.15) is 4.31 Å². The summed E-state index contributed by atoms with van der Waals surface area (Å²) in [5.41, 5.74) is 1.83. The van der Waals surface area contributed by atoms with Crippen molar-refractivity contribution in [3.63, 3.8) is 0 Å². The summed E-state index contributed by atoms with van der Waals surface area (Å²) in [5, 5.41) is 0. The number of ether oxygens (including phenoxy) is 3. The highest BCUT2D eigenvalue weighted by Gasteiger charge is 2.41. The minimum atomic E-state index is -3.81. The van der Waals surface area contributed by atoms with E-state index < -0.39 is 27.8 Å². The number of nitrogens with zero attached hydrogens (tertiary/aromatic N) is 2. The van der Waals surface area contributed by atoms with Crippen LogP contribution in [0.25, 0.3) is 0 Å². The van der Waals surface area contributed by atoms with E-state index in [1.807, 2.05) is 42.5 Å². The molecule has 0 N–H and O–H groups in total. The lowest BCUT2D eigenvalue weighted by atomic mass is 10.0. The third-order valence-corrected chi connectivity index (χ3v) is 8.77. The Morgan fingerprint density at radius 2 is 1.65 bits per heavy atom. The topological polar surface area (TPSA) is 85.4 Å². The molecule has 0 unspecified atom stereocenters. The molecule has 2 aromatic carbocycles. The highest BCUT2D eigenvalue weighted by atomic mass is 32.2. The normalized spacial score (nSPS) is 22.8. The monoisotopic (exact) mass is 486 g/mol. The van der Waals surface area contributed by atoms with Gasteiger partial charge in [0.15, 0.2) is 5.79 Å². The third-order valence-electron chi connectivity index (χ3n) is 6.85. The first-order valence-corrected chi connectivity index (χ1v) is 13.3.